The Morgan fingerprint density at radius 3 is 1.84 bits per heavy atom. The van der Waals surface area contributed by atoms with Crippen LogP contribution in [-0.2, 0) is 11.2 Å². The van der Waals surface area contributed by atoms with Crippen molar-refractivity contribution in [2.24, 2.45) is 0 Å². The van der Waals surface area contributed by atoms with Crippen LogP contribution >= 0.6 is 0 Å². The number of carbonyl (C=O) groups is 2. The number of ether oxygens (including phenoxy) is 1. The maximum atomic E-state index is 14.3. The molecule has 0 atom stereocenters. The number of aryl methyl sites for hydroxylation is 1. The molecule has 0 unspecified atom stereocenters. The Morgan fingerprint density at radius 1 is 0.721 bits per heavy atom. The molecule has 0 heterocycles. The van der Waals surface area contributed by atoms with Gasteiger partial charge < -0.3 is 14.7 Å². The summed E-state index contributed by atoms with van der Waals surface area (Å²) >= 11 is 0. The number of hydrogen-bond acceptors (Lipinski definition) is 3. The Kier molecular flexibility index (Phi) is 11.4. The summed E-state index contributed by atoms with van der Waals surface area (Å²) in [5, 5.41) is 9.31. The first-order chi connectivity index (χ1) is 20.8. The minimum atomic E-state index is -1.20. The van der Waals surface area contributed by atoms with Gasteiger partial charge in [-0.3, -0.25) is 4.79 Å². The van der Waals surface area contributed by atoms with E-state index in [1.54, 1.807) is 36.2 Å². The molecule has 0 aromatic heterocycles. The molecule has 0 aliphatic heterocycles. The molecule has 0 saturated heterocycles. The number of halogens is 2. The standard InChI is InChI=1S/C36H37F2NO4/c1-39(20-10-5-3-2-4-7-13-26-14-8-6-9-15-26)36(42)29-23-32(27-16-11-18-30(37)21-27)35(43-25-34(40)41)33(24-29)28-17-12-19-31(38)22-28/h6,8-9,11-12,14-19,21-24H,2-5,7,10,13,20,25H2,1H3,(H,40,41). The van der Waals surface area contributed by atoms with Crippen LogP contribution < -0.4 is 4.74 Å². The van der Waals surface area contributed by atoms with E-state index in [0.717, 1.165) is 38.5 Å². The number of benzene rings is 4. The lowest BCUT2D eigenvalue weighted by atomic mass is 9.93. The SMILES string of the molecule is CN(CCCCCCCCc1ccccc1)C(=O)c1cc(-c2cccc(F)c2)c(OCC(=O)O)c(-c2cccc(F)c2)c1. The summed E-state index contributed by atoms with van der Waals surface area (Å²) in [5.41, 5.74) is 3.17. The Bertz CT molecular complexity index is 1460. The maximum Gasteiger partial charge on any atom is 0.341 e. The van der Waals surface area contributed by atoms with Gasteiger partial charge in [0.15, 0.2) is 6.61 Å². The Labute approximate surface area is 251 Å². The first-order valence-electron chi connectivity index (χ1n) is 14.7. The number of carboxylic acids is 1. The third-order valence-electron chi connectivity index (χ3n) is 7.35. The zero-order valence-electron chi connectivity index (χ0n) is 24.4. The molecule has 0 saturated carbocycles. The second-order valence-corrected chi connectivity index (χ2v) is 10.7. The van der Waals surface area contributed by atoms with E-state index in [1.807, 2.05) is 6.07 Å². The molecule has 43 heavy (non-hydrogen) atoms. The third kappa shape index (κ3) is 9.23. The predicted molar refractivity (Wildman–Crippen MR) is 165 cm³/mol. The van der Waals surface area contributed by atoms with E-state index >= 15 is 0 Å². The zero-order valence-corrected chi connectivity index (χ0v) is 24.4. The fourth-order valence-electron chi connectivity index (χ4n) is 5.13. The molecule has 4 aromatic rings. The summed E-state index contributed by atoms with van der Waals surface area (Å²) in [6.07, 6.45) is 7.54. The summed E-state index contributed by atoms with van der Waals surface area (Å²) in [6.45, 7) is -0.102. The summed E-state index contributed by atoms with van der Waals surface area (Å²) < 4.78 is 34.2. The molecule has 4 rings (SSSR count). The van der Waals surface area contributed by atoms with Crippen LogP contribution in [0.4, 0.5) is 8.78 Å². The molecular weight excluding hydrogens is 548 g/mol. The van der Waals surface area contributed by atoms with E-state index in [9.17, 15) is 23.5 Å². The molecule has 224 valence electrons. The average Bonchev–Trinajstić information content (AvgIpc) is 3.01. The quantitative estimate of drug-likeness (QED) is 0.142. The molecule has 5 nitrogen and oxygen atoms in total. The normalized spacial score (nSPS) is 10.9. The number of aliphatic carboxylic acids is 1. The number of unbranched alkanes of at least 4 members (excludes halogenated alkanes) is 5. The highest BCUT2D eigenvalue weighted by Crippen LogP contribution is 2.41. The number of rotatable bonds is 15. The number of amides is 1. The summed E-state index contributed by atoms with van der Waals surface area (Å²) in [4.78, 5) is 26.6. The molecule has 7 heteroatoms. The molecule has 0 spiro atoms. The topological polar surface area (TPSA) is 66.8 Å². The van der Waals surface area contributed by atoms with E-state index in [-0.39, 0.29) is 11.7 Å². The molecule has 0 aliphatic rings. The highest BCUT2D eigenvalue weighted by molar-refractivity contribution is 5.99. The number of carbonyl (C=O) groups excluding carboxylic acids is 1. The average molecular weight is 586 g/mol. The second kappa shape index (κ2) is 15.6. The second-order valence-electron chi connectivity index (χ2n) is 10.7. The maximum absolute atomic E-state index is 14.3. The number of nitrogens with zero attached hydrogens (tertiary/aromatic N) is 1. The van der Waals surface area contributed by atoms with Crippen molar-refractivity contribution < 1.29 is 28.2 Å². The van der Waals surface area contributed by atoms with Crippen LogP contribution in [0.3, 0.4) is 0 Å². The lowest BCUT2D eigenvalue weighted by Gasteiger charge is -2.21. The van der Waals surface area contributed by atoms with Crippen LogP contribution in [0.1, 0.15) is 54.4 Å². The zero-order chi connectivity index (χ0) is 30.6. The van der Waals surface area contributed by atoms with Crippen molar-refractivity contribution in [2.75, 3.05) is 20.2 Å². The van der Waals surface area contributed by atoms with Crippen molar-refractivity contribution in [3.63, 3.8) is 0 Å². The summed E-state index contributed by atoms with van der Waals surface area (Å²) in [7, 11) is 1.74. The van der Waals surface area contributed by atoms with Crippen LogP contribution in [0.5, 0.6) is 5.75 Å². The van der Waals surface area contributed by atoms with Crippen molar-refractivity contribution in [1.29, 1.82) is 0 Å². The van der Waals surface area contributed by atoms with E-state index in [4.69, 9.17) is 4.74 Å². The molecule has 1 amide bonds. The lowest BCUT2D eigenvalue weighted by Crippen LogP contribution is -2.28. The van der Waals surface area contributed by atoms with Crippen molar-refractivity contribution in [3.8, 4) is 28.0 Å². The van der Waals surface area contributed by atoms with Gasteiger partial charge in [0.2, 0.25) is 0 Å². The molecule has 0 radical (unpaired) electrons. The van der Waals surface area contributed by atoms with Gasteiger partial charge >= 0.3 is 5.97 Å². The smallest absolute Gasteiger partial charge is 0.341 e. The van der Waals surface area contributed by atoms with Crippen molar-refractivity contribution in [1.82, 2.24) is 4.90 Å². The summed E-state index contributed by atoms with van der Waals surface area (Å²) in [5.74, 6) is -2.31. The molecule has 0 fully saturated rings. The van der Waals surface area contributed by atoms with E-state index in [1.165, 1.54) is 48.4 Å². The molecule has 0 aliphatic carbocycles. The van der Waals surface area contributed by atoms with Gasteiger partial charge in [0.25, 0.3) is 5.91 Å². The Hall–Kier alpha value is -4.52. The molecule has 4 aromatic carbocycles. The summed E-state index contributed by atoms with van der Waals surface area (Å²) in [6, 6.07) is 25.2. The van der Waals surface area contributed by atoms with Gasteiger partial charge in [0.05, 0.1) is 0 Å². The van der Waals surface area contributed by atoms with Gasteiger partial charge in [-0.15, -0.1) is 0 Å². The largest absolute Gasteiger partial charge is 0.481 e. The Balaban J connectivity index is 1.48. The monoisotopic (exact) mass is 585 g/mol. The molecular formula is C36H37F2NO4. The van der Waals surface area contributed by atoms with Crippen LogP contribution in [0, 0.1) is 11.6 Å². The van der Waals surface area contributed by atoms with E-state index in [2.05, 4.69) is 24.3 Å². The highest BCUT2D eigenvalue weighted by Gasteiger charge is 2.22. The van der Waals surface area contributed by atoms with Gasteiger partial charge in [-0.2, -0.15) is 0 Å². The van der Waals surface area contributed by atoms with E-state index in [0.29, 0.717) is 34.4 Å². The molecule has 1 N–H and O–H groups in total. The minimum Gasteiger partial charge on any atom is -0.481 e. The van der Waals surface area contributed by atoms with Gasteiger partial charge in [0.1, 0.15) is 17.4 Å². The Morgan fingerprint density at radius 2 is 1.28 bits per heavy atom. The highest BCUT2D eigenvalue weighted by atomic mass is 19.1. The number of hydrogen-bond donors (Lipinski definition) is 1. The van der Waals surface area contributed by atoms with Gasteiger partial charge in [-0.25, -0.2) is 13.6 Å². The lowest BCUT2D eigenvalue weighted by molar-refractivity contribution is -0.139. The van der Waals surface area contributed by atoms with Crippen LogP contribution in [-0.4, -0.2) is 42.1 Å². The fourth-order valence-corrected chi connectivity index (χ4v) is 5.13. The fraction of sp³-hybridized carbons (Fsp3) is 0.278. The van der Waals surface area contributed by atoms with Crippen molar-refractivity contribution in [3.05, 3.63) is 114 Å². The van der Waals surface area contributed by atoms with Crippen LogP contribution in [0.2, 0.25) is 0 Å². The predicted octanol–water partition coefficient (Wildman–Crippen LogP) is 8.42. The minimum absolute atomic E-state index is 0.130. The third-order valence-corrected chi connectivity index (χ3v) is 7.35. The van der Waals surface area contributed by atoms with Crippen molar-refractivity contribution in [2.45, 2.75) is 44.9 Å². The van der Waals surface area contributed by atoms with Crippen molar-refractivity contribution >= 4 is 11.9 Å². The number of carboxylic acid groups (broad SMARTS) is 1. The van der Waals surface area contributed by atoms with Gasteiger partial charge in [-0.1, -0.05) is 80.3 Å². The van der Waals surface area contributed by atoms with Crippen LogP contribution in [0.25, 0.3) is 22.3 Å². The van der Waals surface area contributed by atoms with Crippen LogP contribution in [0.15, 0.2) is 91.0 Å². The van der Waals surface area contributed by atoms with E-state index < -0.39 is 24.2 Å². The van der Waals surface area contributed by atoms with Gasteiger partial charge in [-0.05, 0) is 72.4 Å². The van der Waals surface area contributed by atoms with Gasteiger partial charge in [0, 0.05) is 30.3 Å². The first kappa shape index (κ1) is 31.4. The first-order valence-corrected chi connectivity index (χ1v) is 14.7. The molecule has 0 bridgehead atoms.